The Bertz CT molecular complexity index is 995. The molecule has 0 amide bonds. The molecule has 1 fully saturated rings. The number of alkyl halides is 3. The van der Waals surface area contributed by atoms with E-state index < -0.39 is 60.1 Å². The Labute approximate surface area is 180 Å². The molecule has 2 aromatic rings. The molecule has 0 spiro atoms. The highest BCUT2D eigenvalue weighted by Crippen LogP contribution is 2.44. The number of rotatable bonds is 6. The number of halogens is 3. The summed E-state index contributed by atoms with van der Waals surface area (Å²) in [7, 11) is 1.17. The summed E-state index contributed by atoms with van der Waals surface area (Å²) in [5.41, 5.74) is -3.39. The third kappa shape index (κ3) is 4.05. The van der Waals surface area contributed by atoms with Gasteiger partial charge in [-0.2, -0.15) is 13.2 Å². The van der Waals surface area contributed by atoms with E-state index in [9.17, 15) is 43.5 Å². The van der Waals surface area contributed by atoms with Gasteiger partial charge in [0, 0.05) is 5.92 Å². The molecule has 0 radical (unpaired) electrons. The van der Waals surface area contributed by atoms with Crippen LogP contribution in [-0.4, -0.2) is 69.3 Å². The van der Waals surface area contributed by atoms with E-state index in [2.05, 4.69) is 4.74 Å². The molecule has 0 aromatic heterocycles. The summed E-state index contributed by atoms with van der Waals surface area (Å²) < 4.78 is 50.6. The van der Waals surface area contributed by atoms with Gasteiger partial charge in [0.25, 0.3) is 0 Å². The second-order valence-electron chi connectivity index (χ2n) is 7.36. The summed E-state index contributed by atoms with van der Waals surface area (Å²) in [5.74, 6) is -2.95. The number of hydrogen-bond donors (Lipinski definition) is 5. The van der Waals surface area contributed by atoms with Gasteiger partial charge in [0.2, 0.25) is 6.29 Å². The Morgan fingerprint density at radius 1 is 1.16 bits per heavy atom. The first-order valence-electron chi connectivity index (χ1n) is 9.39. The van der Waals surface area contributed by atoms with E-state index in [1.54, 1.807) is 0 Å². The van der Waals surface area contributed by atoms with E-state index in [1.807, 2.05) is 0 Å². The van der Waals surface area contributed by atoms with Gasteiger partial charge in [0.05, 0.1) is 30.9 Å². The van der Waals surface area contributed by atoms with Crippen LogP contribution in [0.3, 0.4) is 0 Å². The zero-order valence-corrected chi connectivity index (χ0v) is 16.7. The molecule has 8 nitrogen and oxygen atoms in total. The third-order valence-corrected chi connectivity index (χ3v) is 5.54. The topological polar surface area (TPSA) is 137 Å². The lowest BCUT2D eigenvalue weighted by Gasteiger charge is -2.53. The second kappa shape index (κ2) is 8.68. The average Bonchev–Trinajstić information content (AvgIpc) is 2.77. The van der Waals surface area contributed by atoms with Crippen LogP contribution in [-0.2, 0) is 10.9 Å². The quantitative estimate of drug-likeness (QED) is 0.319. The number of carbonyl (C=O) groups is 1. The molecule has 5 unspecified atom stereocenters. The molecule has 174 valence electrons. The van der Waals surface area contributed by atoms with Crippen molar-refractivity contribution in [3.8, 4) is 16.9 Å². The Hall–Kier alpha value is -2.70. The Morgan fingerprint density at radius 3 is 2.41 bits per heavy atom. The Balaban J connectivity index is 1.96. The molecule has 0 bridgehead atoms. The van der Waals surface area contributed by atoms with Gasteiger partial charge in [-0.25, -0.2) is 4.79 Å². The first-order valence-corrected chi connectivity index (χ1v) is 9.39. The fourth-order valence-electron chi connectivity index (χ4n) is 3.64. The highest BCUT2D eigenvalue weighted by Gasteiger charge is 2.65. The minimum atomic E-state index is -4.93. The number of carbonyl (C=O) groups excluding carboxylic acids is 1. The fraction of sp³-hybridized carbons (Fsp3) is 0.381. The summed E-state index contributed by atoms with van der Waals surface area (Å²) >= 11 is 0. The monoisotopic (exact) mass is 458 g/mol. The zero-order chi connectivity index (χ0) is 23.8. The lowest BCUT2D eigenvalue weighted by atomic mass is 9.64. The van der Waals surface area contributed by atoms with E-state index >= 15 is 0 Å². The van der Waals surface area contributed by atoms with Crippen molar-refractivity contribution in [1.82, 2.24) is 0 Å². The highest BCUT2D eigenvalue weighted by molar-refractivity contribution is 5.91. The van der Waals surface area contributed by atoms with Gasteiger partial charge in [0.1, 0.15) is 11.9 Å². The van der Waals surface area contributed by atoms with Crippen molar-refractivity contribution in [2.75, 3.05) is 13.7 Å². The third-order valence-electron chi connectivity index (χ3n) is 5.54. The molecular formula is C21H21F3O8. The molecular weight excluding hydrogens is 437 g/mol. The van der Waals surface area contributed by atoms with Crippen LogP contribution in [0.15, 0.2) is 42.5 Å². The Kier molecular flexibility index (Phi) is 6.50. The summed E-state index contributed by atoms with van der Waals surface area (Å²) in [6.07, 6.45) is -10.8. The number of esters is 1. The minimum Gasteiger partial charge on any atom is -0.465 e. The summed E-state index contributed by atoms with van der Waals surface area (Å²) in [6, 6.07) is 8.62. The maximum atomic E-state index is 13.7. The van der Waals surface area contributed by atoms with Crippen LogP contribution in [0, 0.1) is 5.92 Å². The molecule has 1 saturated carbocycles. The number of ether oxygens (including phenoxy) is 2. The van der Waals surface area contributed by atoms with Crippen molar-refractivity contribution < 1.29 is 53.0 Å². The summed E-state index contributed by atoms with van der Waals surface area (Å²) in [5, 5.41) is 49.2. The molecule has 0 aliphatic heterocycles. The SMILES string of the molecule is COC(=O)c1cccc(-c2ccc(OC(O)C3(O)C(O)C(O)C3CO)c(C(F)(F)F)c2)c1. The predicted octanol–water partition coefficient (Wildman–Crippen LogP) is 0.931. The van der Waals surface area contributed by atoms with Gasteiger partial charge in [-0.1, -0.05) is 18.2 Å². The summed E-state index contributed by atoms with van der Waals surface area (Å²) in [4.78, 5) is 11.7. The predicted molar refractivity (Wildman–Crippen MR) is 102 cm³/mol. The van der Waals surface area contributed by atoms with E-state index in [0.717, 1.165) is 12.1 Å². The first-order chi connectivity index (χ1) is 14.9. The van der Waals surface area contributed by atoms with Crippen LogP contribution >= 0.6 is 0 Å². The highest BCUT2D eigenvalue weighted by atomic mass is 19.4. The average molecular weight is 458 g/mol. The smallest absolute Gasteiger partial charge is 0.419 e. The van der Waals surface area contributed by atoms with Crippen molar-refractivity contribution in [3.63, 3.8) is 0 Å². The lowest BCUT2D eigenvalue weighted by Crippen LogP contribution is -2.76. The van der Waals surface area contributed by atoms with Crippen LogP contribution in [0.1, 0.15) is 15.9 Å². The molecule has 3 rings (SSSR count). The number of hydrogen-bond acceptors (Lipinski definition) is 8. The summed E-state index contributed by atoms with van der Waals surface area (Å²) in [6.45, 7) is -0.850. The van der Waals surface area contributed by atoms with Crippen LogP contribution < -0.4 is 4.74 Å². The fourth-order valence-corrected chi connectivity index (χ4v) is 3.64. The second-order valence-corrected chi connectivity index (χ2v) is 7.36. The van der Waals surface area contributed by atoms with Crippen molar-refractivity contribution in [3.05, 3.63) is 53.6 Å². The van der Waals surface area contributed by atoms with Crippen molar-refractivity contribution in [2.45, 2.75) is 30.3 Å². The minimum absolute atomic E-state index is 0.0796. The van der Waals surface area contributed by atoms with Crippen molar-refractivity contribution >= 4 is 5.97 Å². The molecule has 2 aromatic carbocycles. The van der Waals surface area contributed by atoms with E-state index in [0.29, 0.717) is 0 Å². The molecule has 11 heteroatoms. The van der Waals surface area contributed by atoms with Gasteiger partial charge in [-0.3, -0.25) is 0 Å². The van der Waals surface area contributed by atoms with E-state index in [1.165, 1.54) is 37.4 Å². The maximum Gasteiger partial charge on any atom is 0.419 e. The van der Waals surface area contributed by atoms with E-state index in [-0.39, 0.29) is 16.7 Å². The Morgan fingerprint density at radius 2 is 1.81 bits per heavy atom. The molecule has 32 heavy (non-hydrogen) atoms. The number of aliphatic hydroxyl groups is 5. The molecule has 0 heterocycles. The molecule has 5 N–H and O–H groups in total. The largest absolute Gasteiger partial charge is 0.465 e. The van der Waals surface area contributed by atoms with Gasteiger partial charge in [-0.05, 0) is 35.4 Å². The van der Waals surface area contributed by atoms with Crippen molar-refractivity contribution in [1.29, 1.82) is 0 Å². The van der Waals surface area contributed by atoms with Crippen molar-refractivity contribution in [2.24, 2.45) is 5.92 Å². The van der Waals surface area contributed by atoms with Crippen LogP contribution in [0.5, 0.6) is 5.75 Å². The molecule has 1 aliphatic carbocycles. The van der Waals surface area contributed by atoms with Crippen LogP contribution in [0.25, 0.3) is 11.1 Å². The maximum absolute atomic E-state index is 13.7. The number of methoxy groups -OCH3 is 1. The van der Waals surface area contributed by atoms with E-state index in [4.69, 9.17) is 4.74 Å². The number of benzene rings is 2. The standard InChI is InChI=1S/C21H21F3O8/c1-31-18(28)12-4-2-3-10(7-12)11-5-6-15(13(8-11)21(22,23)24)32-19(29)20(30)14(9-25)16(26)17(20)27/h2-8,14,16-17,19,25-27,29-30H,9H2,1H3. The molecule has 0 saturated heterocycles. The molecule has 5 atom stereocenters. The van der Waals surface area contributed by atoms with Gasteiger partial charge < -0.3 is 35.0 Å². The van der Waals surface area contributed by atoms with Crippen LogP contribution in [0.2, 0.25) is 0 Å². The van der Waals surface area contributed by atoms with Gasteiger partial charge in [-0.15, -0.1) is 0 Å². The van der Waals surface area contributed by atoms with Gasteiger partial charge >= 0.3 is 12.1 Å². The first kappa shape index (κ1) is 24.0. The zero-order valence-electron chi connectivity index (χ0n) is 16.7. The van der Waals surface area contributed by atoms with Crippen LogP contribution in [0.4, 0.5) is 13.2 Å². The molecule has 1 aliphatic rings. The lowest BCUT2D eigenvalue weighted by molar-refractivity contribution is -0.332. The number of aliphatic hydroxyl groups excluding tert-OH is 4. The normalized spacial score (nSPS) is 26.2. The van der Waals surface area contributed by atoms with Gasteiger partial charge in [0.15, 0.2) is 5.60 Å².